The molecule has 1 rings (SSSR count). The molecule has 92 valence electrons. The largest absolute Gasteiger partial charge is 0.480 e. The van der Waals surface area contributed by atoms with Gasteiger partial charge in [-0.25, -0.2) is 4.79 Å². The summed E-state index contributed by atoms with van der Waals surface area (Å²) in [5, 5.41) is 18.6. The minimum absolute atomic E-state index is 0.164. The molecule has 0 aliphatic carbocycles. The molecule has 5 N–H and O–H groups in total. The third-order valence-corrected chi connectivity index (χ3v) is 2.20. The minimum atomic E-state index is -1.00. The Morgan fingerprint density at radius 3 is 2.25 bits per heavy atom. The monoisotopic (exact) mass is 250 g/mol. The standard InChI is InChI=1S/C5H7NO3.C3H7NO2S/c7-4-2-1-3(6-4)5(8)9;4-2(1-7)3(5)6/h3H,1-2H2,(H,6,7)(H,8,9);2,7H,1,4H2,(H,5,6)/t3-;2-/m00/s1. The van der Waals surface area contributed by atoms with Gasteiger partial charge >= 0.3 is 11.9 Å². The number of carbonyl (C=O) groups is 3. The van der Waals surface area contributed by atoms with Crippen molar-refractivity contribution in [1.82, 2.24) is 5.32 Å². The van der Waals surface area contributed by atoms with Gasteiger partial charge in [-0.2, -0.15) is 12.6 Å². The van der Waals surface area contributed by atoms with E-state index >= 15 is 0 Å². The minimum Gasteiger partial charge on any atom is -0.480 e. The maximum atomic E-state index is 10.4. The van der Waals surface area contributed by atoms with E-state index < -0.39 is 24.0 Å². The summed E-state index contributed by atoms with van der Waals surface area (Å²) in [7, 11) is 0. The lowest BCUT2D eigenvalue weighted by atomic mass is 10.2. The highest BCUT2D eigenvalue weighted by molar-refractivity contribution is 7.80. The van der Waals surface area contributed by atoms with Crippen LogP contribution in [-0.2, 0) is 14.4 Å². The molecule has 8 heteroatoms. The second kappa shape index (κ2) is 7.07. The van der Waals surface area contributed by atoms with Gasteiger partial charge in [0, 0.05) is 12.2 Å². The van der Waals surface area contributed by atoms with Gasteiger partial charge in [-0.15, -0.1) is 0 Å². The van der Waals surface area contributed by atoms with Crippen LogP contribution in [0.4, 0.5) is 0 Å². The van der Waals surface area contributed by atoms with Crippen LogP contribution in [0.1, 0.15) is 12.8 Å². The normalized spacial score (nSPS) is 20.4. The van der Waals surface area contributed by atoms with Crippen LogP contribution in [0.25, 0.3) is 0 Å². The van der Waals surface area contributed by atoms with Crippen molar-refractivity contribution in [1.29, 1.82) is 0 Å². The molecule has 0 unspecified atom stereocenters. The molecule has 1 heterocycles. The van der Waals surface area contributed by atoms with Gasteiger partial charge in [0.2, 0.25) is 5.91 Å². The van der Waals surface area contributed by atoms with Gasteiger partial charge in [0.1, 0.15) is 12.1 Å². The molecule has 0 radical (unpaired) electrons. The average Bonchev–Trinajstić information content (AvgIpc) is 2.64. The third-order valence-electron chi connectivity index (χ3n) is 1.81. The fourth-order valence-electron chi connectivity index (χ4n) is 0.877. The topological polar surface area (TPSA) is 130 Å². The lowest BCUT2D eigenvalue weighted by Crippen LogP contribution is -2.32. The zero-order valence-electron chi connectivity index (χ0n) is 8.42. The number of hydrogen-bond donors (Lipinski definition) is 5. The molecule has 1 amide bonds. The molecular weight excluding hydrogens is 236 g/mol. The molecule has 1 aliphatic heterocycles. The van der Waals surface area contributed by atoms with E-state index in [0.29, 0.717) is 12.8 Å². The van der Waals surface area contributed by atoms with Gasteiger partial charge in [-0.1, -0.05) is 0 Å². The van der Waals surface area contributed by atoms with Crippen molar-refractivity contribution in [2.75, 3.05) is 5.75 Å². The van der Waals surface area contributed by atoms with E-state index in [1.807, 2.05) is 0 Å². The van der Waals surface area contributed by atoms with Crippen LogP contribution in [0.3, 0.4) is 0 Å². The number of carbonyl (C=O) groups excluding carboxylic acids is 1. The first-order valence-corrected chi connectivity index (χ1v) is 5.13. The number of carboxylic acid groups (broad SMARTS) is 2. The molecule has 0 saturated carbocycles. The molecule has 7 nitrogen and oxygen atoms in total. The Morgan fingerprint density at radius 2 is 2.12 bits per heavy atom. The first-order chi connectivity index (χ1) is 7.38. The summed E-state index contributed by atoms with van der Waals surface area (Å²) in [6, 6.07) is -1.46. The lowest BCUT2D eigenvalue weighted by molar-refractivity contribution is -0.140. The van der Waals surface area contributed by atoms with Crippen LogP contribution in [0.5, 0.6) is 0 Å². The van der Waals surface area contributed by atoms with E-state index in [1.54, 1.807) is 0 Å². The molecule has 1 aliphatic rings. The van der Waals surface area contributed by atoms with Crippen molar-refractivity contribution < 1.29 is 24.6 Å². The van der Waals surface area contributed by atoms with Crippen molar-refractivity contribution in [3.05, 3.63) is 0 Å². The molecule has 0 aromatic carbocycles. The molecule has 0 spiro atoms. The van der Waals surface area contributed by atoms with Crippen LogP contribution >= 0.6 is 12.6 Å². The summed E-state index contributed by atoms with van der Waals surface area (Å²) in [4.78, 5) is 30.3. The highest BCUT2D eigenvalue weighted by Gasteiger charge is 2.26. The number of carboxylic acids is 2. The number of nitrogens with one attached hydrogen (secondary N) is 1. The Kier molecular flexibility index (Phi) is 6.50. The van der Waals surface area contributed by atoms with Crippen LogP contribution < -0.4 is 11.1 Å². The van der Waals surface area contributed by atoms with Gasteiger partial charge in [0.15, 0.2) is 0 Å². The molecule has 2 atom stereocenters. The summed E-state index contributed by atoms with van der Waals surface area (Å²) < 4.78 is 0. The highest BCUT2D eigenvalue weighted by Crippen LogP contribution is 2.05. The van der Waals surface area contributed by atoms with Gasteiger partial charge in [0.25, 0.3) is 0 Å². The Bertz CT molecular complexity index is 284. The van der Waals surface area contributed by atoms with Crippen LogP contribution in [0.2, 0.25) is 0 Å². The number of amides is 1. The summed E-state index contributed by atoms with van der Waals surface area (Å²) >= 11 is 3.65. The van der Waals surface area contributed by atoms with Crippen molar-refractivity contribution in [3.8, 4) is 0 Å². The molecule has 0 aromatic rings. The van der Waals surface area contributed by atoms with E-state index in [0.717, 1.165) is 0 Å². The maximum Gasteiger partial charge on any atom is 0.326 e. The smallest absolute Gasteiger partial charge is 0.326 e. The Morgan fingerprint density at radius 1 is 1.56 bits per heavy atom. The van der Waals surface area contributed by atoms with Crippen molar-refractivity contribution in [3.63, 3.8) is 0 Å². The highest BCUT2D eigenvalue weighted by atomic mass is 32.1. The van der Waals surface area contributed by atoms with E-state index in [4.69, 9.17) is 15.9 Å². The summed E-state index contributed by atoms with van der Waals surface area (Å²) in [5.74, 6) is -1.92. The van der Waals surface area contributed by atoms with Crippen LogP contribution in [0, 0.1) is 0 Å². The van der Waals surface area contributed by atoms with E-state index in [-0.39, 0.29) is 11.7 Å². The second-order valence-electron chi connectivity index (χ2n) is 3.12. The number of nitrogens with two attached hydrogens (primary N) is 1. The quantitative estimate of drug-likeness (QED) is 0.395. The Hall–Kier alpha value is -1.28. The first-order valence-electron chi connectivity index (χ1n) is 4.50. The lowest BCUT2D eigenvalue weighted by Gasteiger charge is -1.99. The molecule has 16 heavy (non-hydrogen) atoms. The van der Waals surface area contributed by atoms with E-state index in [9.17, 15) is 14.4 Å². The number of thiol groups is 1. The van der Waals surface area contributed by atoms with Gasteiger partial charge in [0.05, 0.1) is 0 Å². The van der Waals surface area contributed by atoms with Gasteiger partial charge in [-0.05, 0) is 6.42 Å². The van der Waals surface area contributed by atoms with E-state index in [1.165, 1.54) is 0 Å². The molecule has 1 saturated heterocycles. The number of rotatable bonds is 3. The Labute approximate surface area is 97.4 Å². The Balaban J connectivity index is 0.000000293. The summed E-state index contributed by atoms with van der Waals surface area (Å²) in [6.07, 6.45) is 0.769. The molecule has 1 fully saturated rings. The fourth-order valence-corrected chi connectivity index (χ4v) is 1.03. The number of hydrogen-bond acceptors (Lipinski definition) is 5. The van der Waals surface area contributed by atoms with Gasteiger partial charge in [-0.3, -0.25) is 9.59 Å². The van der Waals surface area contributed by atoms with Crippen molar-refractivity contribution in [2.24, 2.45) is 5.73 Å². The zero-order valence-corrected chi connectivity index (χ0v) is 9.31. The predicted octanol–water partition coefficient (Wildman–Crippen LogP) is -1.32. The van der Waals surface area contributed by atoms with Crippen molar-refractivity contribution >= 4 is 30.5 Å². The fraction of sp³-hybridized carbons (Fsp3) is 0.625. The van der Waals surface area contributed by atoms with Crippen molar-refractivity contribution in [2.45, 2.75) is 24.9 Å². The zero-order chi connectivity index (χ0) is 12.7. The first kappa shape index (κ1) is 14.7. The van der Waals surface area contributed by atoms with Crippen LogP contribution in [-0.4, -0.2) is 45.9 Å². The predicted molar refractivity (Wildman–Crippen MR) is 58.3 cm³/mol. The second-order valence-corrected chi connectivity index (χ2v) is 3.49. The summed E-state index contributed by atoms with van der Waals surface area (Å²) in [6.45, 7) is 0. The molecule has 0 aromatic heterocycles. The van der Waals surface area contributed by atoms with E-state index in [2.05, 4.69) is 17.9 Å². The summed E-state index contributed by atoms with van der Waals surface area (Å²) in [5.41, 5.74) is 4.94. The number of aliphatic carboxylic acids is 2. The molecular formula is C8H14N2O5S. The maximum absolute atomic E-state index is 10.4. The van der Waals surface area contributed by atoms with Gasteiger partial charge < -0.3 is 21.3 Å². The third kappa shape index (κ3) is 5.56. The van der Waals surface area contributed by atoms with Crippen LogP contribution in [0.15, 0.2) is 0 Å². The average molecular weight is 250 g/mol. The SMILES string of the molecule is N[C@@H](CS)C(=O)O.O=C1CC[C@@H](C(=O)O)N1. The molecule has 0 bridgehead atoms.